The molecule has 0 aliphatic heterocycles. The second-order valence-electron chi connectivity index (χ2n) is 4.98. The highest BCUT2D eigenvalue weighted by Gasteiger charge is 2.27. The molecule has 0 bridgehead atoms. The Bertz CT molecular complexity index is 611. The van der Waals surface area contributed by atoms with Crippen LogP contribution in [0, 0.1) is 0 Å². The minimum absolute atomic E-state index is 0.106. The number of benzene rings is 1. The van der Waals surface area contributed by atoms with Crippen molar-refractivity contribution in [1.29, 1.82) is 0 Å². The molecule has 0 aliphatic carbocycles. The predicted octanol–water partition coefficient (Wildman–Crippen LogP) is 3.34. The van der Waals surface area contributed by atoms with Crippen molar-refractivity contribution in [2.24, 2.45) is 0 Å². The number of pyridine rings is 1. The van der Waals surface area contributed by atoms with Gasteiger partial charge in [-0.25, -0.2) is 4.98 Å². The average molecular weight is 297 g/mol. The molecule has 3 nitrogen and oxygen atoms in total. The highest BCUT2D eigenvalue weighted by Crippen LogP contribution is 2.25. The summed E-state index contributed by atoms with van der Waals surface area (Å²) in [6.07, 6.45) is -5.01. The lowest BCUT2D eigenvalue weighted by atomic mass is 10.1. The molecule has 0 unspecified atom stereocenters. The summed E-state index contributed by atoms with van der Waals surface area (Å²) < 4.78 is 37.1. The van der Waals surface area contributed by atoms with Gasteiger partial charge in [-0.15, -0.1) is 0 Å². The van der Waals surface area contributed by atoms with Crippen molar-refractivity contribution in [2.75, 3.05) is 25.5 Å². The Kier molecular flexibility index (Phi) is 4.67. The first-order valence-electron chi connectivity index (χ1n) is 6.72. The maximum Gasteiger partial charge on any atom is 0.390 e. The lowest BCUT2D eigenvalue weighted by Crippen LogP contribution is -2.26. The van der Waals surface area contributed by atoms with E-state index < -0.39 is 12.6 Å². The van der Waals surface area contributed by atoms with Crippen molar-refractivity contribution in [3.8, 4) is 0 Å². The summed E-state index contributed by atoms with van der Waals surface area (Å²) in [5.41, 5.74) is 1.67. The molecule has 1 heterocycles. The molecule has 1 aromatic carbocycles. The van der Waals surface area contributed by atoms with Crippen molar-refractivity contribution < 1.29 is 13.2 Å². The minimum Gasteiger partial charge on any atom is -0.359 e. The number of anilines is 1. The summed E-state index contributed by atoms with van der Waals surface area (Å²) >= 11 is 0. The van der Waals surface area contributed by atoms with Gasteiger partial charge in [0.1, 0.15) is 5.82 Å². The van der Waals surface area contributed by atoms with E-state index >= 15 is 0 Å². The summed E-state index contributed by atoms with van der Waals surface area (Å²) in [6.45, 7) is 0.453. The van der Waals surface area contributed by atoms with Gasteiger partial charge in [0, 0.05) is 31.1 Å². The van der Waals surface area contributed by atoms with Crippen molar-refractivity contribution in [3.63, 3.8) is 0 Å². The van der Waals surface area contributed by atoms with Gasteiger partial charge in [0.25, 0.3) is 0 Å². The number of alkyl halides is 3. The molecule has 21 heavy (non-hydrogen) atoms. The lowest BCUT2D eigenvalue weighted by Gasteiger charge is -2.22. The van der Waals surface area contributed by atoms with Crippen LogP contribution in [0.25, 0.3) is 10.9 Å². The Morgan fingerprint density at radius 2 is 1.95 bits per heavy atom. The summed E-state index contributed by atoms with van der Waals surface area (Å²) in [4.78, 5) is 6.08. The smallest absolute Gasteiger partial charge is 0.359 e. The predicted molar refractivity (Wildman–Crippen MR) is 78.4 cm³/mol. The van der Waals surface area contributed by atoms with Gasteiger partial charge in [-0.2, -0.15) is 13.2 Å². The topological polar surface area (TPSA) is 28.2 Å². The number of halogens is 3. The molecule has 1 aromatic heterocycles. The molecule has 6 heteroatoms. The van der Waals surface area contributed by atoms with Gasteiger partial charge in [0.15, 0.2) is 0 Å². The van der Waals surface area contributed by atoms with Gasteiger partial charge in [0.05, 0.1) is 11.9 Å². The summed E-state index contributed by atoms with van der Waals surface area (Å²) in [5.74, 6) is 0.590. The minimum atomic E-state index is -4.16. The number of aromatic nitrogens is 1. The van der Waals surface area contributed by atoms with Gasteiger partial charge in [0.2, 0.25) is 0 Å². The number of fused-ring (bicyclic) bond motifs is 1. The third-order valence-electron chi connectivity index (χ3n) is 3.24. The molecule has 0 aliphatic rings. The van der Waals surface area contributed by atoms with Crippen molar-refractivity contribution >= 4 is 16.7 Å². The van der Waals surface area contributed by atoms with Crippen LogP contribution < -0.4 is 10.2 Å². The Morgan fingerprint density at radius 3 is 2.62 bits per heavy atom. The number of nitrogens with one attached hydrogen (secondary N) is 1. The molecule has 114 valence electrons. The van der Waals surface area contributed by atoms with Gasteiger partial charge >= 0.3 is 6.18 Å². The highest BCUT2D eigenvalue weighted by molar-refractivity contribution is 5.81. The molecule has 2 rings (SSSR count). The molecule has 2 aromatic rings. The number of rotatable bonds is 5. The van der Waals surface area contributed by atoms with Crippen LogP contribution in [0.2, 0.25) is 0 Å². The maximum absolute atomic E-state index is 12.4. The quantitative estimate of drug-likeness (QED) is 0.917. The fraction of sp³-hybridized carbons (Fsp3) is 0.400. The molecule has 0 fully saturated rings. The van der Waals surface area contributed by atoms with E-state index in [0.29, 0.717) is 12.4 Å². The van der Waals surface area contributed by atoms with E-state index in [0.717, 1.165) is 16.5 Å². The molecule has 0 radical (unpaired) electrons. The molecule has 0 amide bonds. The maximum atomic E-state index is 12.4. The fourth-order valence-electron chi connectivity index (χ4n) is 2.20. The largest absolute Gasteiger partial charge is 0.390 e. The van der Waals surface area contributed by atoms with E-state index in [1.165, 1.54) is 0 Å². The van der Waals surface area contributed by atoms with Crippen LogP contribution in [0.4, 0.5) is 19.0 Å². The van der Waals surface area contributed by atoms with Gasteiger partial charge in [-0.1, -0.05) is 18.2 Å². The van der Waals surface area contributed by atoms with Crippen LogP contribution in [0.1, 0.15) is 12.0 Å². The van der Waals surface area contributed by atoms with Crippen LogP contribution in [0.5, 0.6) is 0 Å². The van der Waals surface area contributed by atoms with Crippen molar-refractivity contribution in [2.45, 2.75) is 19.1 Å². The van der Waals surface area contributed by atoms with Crippen molar-refractivity contribution in [3.05, 3.63) is 35.9 Å². The Balaban J connectivity index is 2.33. The molecule has 0 spiro atoms. The summed E-state index contributed by atoms with van der Waals surface area (Å²) in [6, 6.07) is 9.56. The zero-order valence-electron chi connectivity index (χ0n) is 12.0. The zero-order valence-corrected chi connectivity index (χ0v) is 12.0. The standard InChI is InChI=1S/C15H18F3N3/c1-19-10-12-9-11-5-3-4-6-13(11)20-14(12)21(2)8-7-15(16,17)18/h3-6,9,19H,7-8,10H2,1-2H3. The SMILES string of the molecule is CNCc1cc2ccccc2nc1N(C)CCC(F)(F)F. The number of nitrogens with zero attached hydrogens (tertiary/aromatic N) is 2. The van der Waals surface area contributed by atoms with E-state index in [1.807, 2.05) is 30.3 Å². The molecule has 0 atom stereocenters. The normalized spacial score (nSPS) is 11.9. The monoisotopic (exact) mass is 297 g/mol. The highest BCUT2D eigenvalue weighted by atomic mass is 19.4. The average Bonchev–Trinajstić information content (AvgIpc) is 2.43. The number of para-hydroxylation sites is 1. The van der Waals surface area contributed by atoms with E-state index in [2.05, 4.69) is 10.3 Å². The van der Waals surface area contributed by atoms with Crippen LogP contribution in [-0.4, -0.2) is 31.8 Å². The Labute approximate surface area is 121 Å². The van der Waals surface area contributed by atoms with Crippen LogP contribution >= 0.6 is 0 Å². The molecule has 1 N–H and O–H groups in total. The first-order valence-corrected chi connectivity index (χ1v) is 6.72. The Morgan fingerprint density at radius 1 is 1.24 bits per heavy atom. The zero-order chi connectivity index (χ0) is 15.5. The number of hydrogen-bond donors (Lipinski definition) is 1. The summed E-state index contributed by atoms with van der Waals surface area (Å²) in [7, 11) is 3.44. The molecule has 0 saturated heterocycles. The Hall–Kier alpha value is -1.82. The van der Waals surface area contributed by atoms with Gasteiger partial charge < -0.3 is 10.2 Å². The molecular formula is C15H18F3N3. The first kappa shape index (κ1) is 15.6. The molecule has 0 saturated carbocycles. The third-order valence-corrected chi connectivity index (χ3v) is 3.24. The van der Waals surface area contributed by atoms with Crippen LogP contribution in [-0.2, 0) is 6.54 Å². The second-order valence-corrected chi connectivity index (χ2v) is 4.98. The van der Waals surface area contributed by atoms with E-state index in [-0.39, 0.29) is 6.54 Å². The molecular weight excluding hydrogens is 279 g/mol. The number of hydrogen-bond acceptors (Lipinski definition) is 3. The third kappa shape index (κ3) is 4.07. The van der Waals surface area contributed by atoms with Crippen LogP contribution in [0.3, 0.4) is 0 Å². The first-order chi connectivity index (χ1) is 9.90. The van der Waals surface area contributed by atoms with Crippen molar-refractivity contribution in [1.82, 2.24) is 10.3 Å². The second kappa shape index (κ2) is 6.30. The lowest BCUT2D eigenvalue weighted by molar-refractivity contribution is -0.132. The fourth-order valence-corrected chi connectivity index (χ4v) is 2.20. The van der Waals surface area contributed by atoms with E-state index in [9.17, 15) is 13.2 Å². The van der Waals surface area contributed by atoms with E-state index in [4.69, 9.17) is 0 Å². The summed E-state index contributed by atoms with van der Waals surface area (Å²) in [5, 5.41) is 4.01. The van der Waals surface area contributed by atoms with Crippen LogP contribution in [0.15, 0.2) is 30.3 Å². The van der Waals surface area contributed by atoms with Gasteiger partial charge in [-0.3, -0.25) is 0 Å². The van der Waals surface area contributed by atoms with E-state index in [1.54, 1.807) is 19.0 Å². The van der Waals surface area contributed by atoms with Gasteiger partial charge in [-0.05, 0) is 19.2 Å².